The first kappa shape index (κ1) is 18.6. The highest BCUT2D eigenvalue weighted by atomic mass is 32.2. The van der Waals surface area contributed by atoms with Gasteiger partial charge >= 0.3 is 0 Å². The van der Waals surface area contributed by atoms with E-state index in [0.717, 1.165) is 12.1 Å². The van der Waals surface area contributed by atoms with Crippen LogP contribution < -0.4 is 4.90 Å². The summed E-state index contributed by atoms with van der Waals surface area (Å²) in [6.45, 7) is 2.06. The third-order valence-electron chi connectivity index (χ3n) is 4.98. The van der Waals surface area contributed by atoms with Crippen molar-refractivity contribution in [2.45, 2.75) is 24.5 Å². The summed E-state index contributed by atoms with van der Waals surface area (Å²) in [5.74, 6) is 1.36. The van der Waals surface area contributed by atoms with Gasteiger partial charge in [-0.05, 0) is 49.2 Å². The fourth-order valence-corrected chi connectivity index (χ4v) is 4.32. The first-order chi connectivity index (χ1) is 14.7. The minimum absolute atomic E-state index is 0.0238. The molecule has 0 aliphatic carbocycles. The van der Waals surface area contributed by atoms with Crippen molar-refractivity contribution in [3.05, 3.63) is 66.6 Å². The van der Waals surface area contributed by atoms with Gasteiger partial charge in [0.05, 0.1) is 18.3 Å². The summed E-state index contributed by atoms with van der Waals surface area (Å²) in [4.78, 5) is 19.4. The molecule has 1 atom stereocenters. The van der Waals surface area contributed by atoms with E-state index in [-0.39, 0.29) is 17.7 Å². The van der Waals surface area contributed by atoms with Gasteiger partial charge in [-0.25, -0.2) is 4.98 Å². The molecule has 3 aromatic heterocycles. The maximum atomic E-state index is 13.0. The van der Waals surface area contributed by atoms with Crippen molar-refractivity contribution in [1.29, 1.82) is 0 Å². The summed E-state index contributed by atoms with van der Waals surface area (Å²) in [6.07, 6.45) is 4.01. The van der Waals surface area contributed by atoms with Gasteiger partial charge in [0.15, 0.2) is 17.2 Å². The van der Waals surface area contributed by atoms with Crippen LogP contribution in [0.5, 0.6) is 0 Å². The number of para-hydroxylation sites is 1. The van der Waals surface area contributed by atoms with Crippen molar-refractivity contribution >= 4 is 23.4 Å². The number of furan rings is 2. The minimum atomic E-state index is 0.0238. The van der Waals surface area contributed by atoms with E-state index in [4.69, 9.17) is 8.83 Å². The highest BCUT2D eigenvalue weighted by Gasteiger charge is 2.30. The normalized spacial score (nSPS) is 15.4. The number of fused-ring (bicyclic) bond motifs is 1. The first-order valence-corrected chi connectivity index (χ1v) is 10.5. The lowest BCUT2D eigenvalue weighted by molar-refractivity contribution is -0.116. The minimum Gasteiger partial charge on any atom is -0.463 e. The molecule has 5 rings (SSSR count). The molecule has 1 aliphatic heterocycles. The first-order valence-electron chi connectivity index (χ1n) is 9.56. The number of carbonyl (C=O) groups excluding carboxylic acids is 1. The molecule has 4 heterocycles. The maximum absolute atomic E-state index is 13.0. The van der Waals surface area contributed by atoms with Crippen LogP contribution in [0.2, 0.25) is 0 Å². The van der Waals surface area contributed by atoms with Crippen LogP contribution in [0.3, 0.4) is 0 Å². The average molecular weight is 418 g/mol. The van der Waals surface area contributed by atoms with E-state index < -0.39 is 0 Å². The van der Waals surface area contributed by atoms with Crippen LogP contribution in [0, 0.1) is 0 Å². The summed E-state index contributed by atoms with van der Waals surface area (Å²) in [5.41, 5.74) is 3.20. The molecule has 0 unspecified atom stereocenters. The van der Waals surface area contributed by atoms with Crippen molar-refractivity contribution in [2.75, 3.05) is 10.7 Å². The Hall–Kier alpha value is -3.39. The molecule has 30 heavy (non-hydrogen) atoms. The van der Waals surface area contributed by atoms with Crippen molar-refractivity contribution in [3.8, 4) is 22.9 Å². The number of rotatable bonds is 5. The van der Waals surface area contributed by atoms with E-state index in [1.165, 1.54) is 17.3 Å². The lowest BCUT2D eigenvalue weighted by Crippen LogP contribution is -2.37. The number of benzene rings is 1. The molecule has 0 spiro atoms. The highest BCUT2D eigenvalue weighted by Crippen LogP contribution is 2.33. The quantitative estimate of drug-likeness (QED) is 0.442. The monoisotopic (exact) mass is 418 g/mol. The van der Waals surface area contributed by atoms with Gasteiger partial charge < -0.3 is 13.7 Å². The molecule has 0 radical (unpaired) electrons. The molecule has 0 N–H and O–H groups in total. The Morgan fingerprint density at radius 1 is 1.03 bits per heavy atom. The molecule has 150 valence electrons. The van der Waals surface area contributed by atoms with Gasteiger partial charge in [0, 0.05) is 11.7 Å². The van der Waals surface area contributed by atoms with Gasteiger partial charge in [0.25, 0.3) is 0 Å². The van der Waals surface area contributed by atoms with E-state index in [1.54, 1.807) is 36.8 Å². The van der Waals surface area contributed by atoms with Crippen LogP contribution in [-0.2, 0) is 11.2 Å². The molecule has 1 amide bonds. The number of hydrogen-bond donors (Lipinski definition) is 0. The van der Waals surface area contributed by atoms with Crippen LogP contribution >= 0.6 is 11.8 Å². The molecular weight excluding hydrogens is 400 g/mol. The fraction of sp³-hybridized carbons (Fsp3) is 0.182. The van der Waals surface area contributed by atoms with Gasteiger partial charge in [-0.1, -0.05) is 30.0 Å². The van der Waals surface area contributed by atoms with Gasteiger partial charge in [0.1, 0.15) is 5.69 Å². The van der Waals surface area contributed by atoms with Crippen molar-refractivity contribution in [1.82, 2.24) is 15.2 Å². The molecule has 0 saturated heterocycles. The zero-order valence-corrected chi connectivity index (χ0v) is 17.0. The van der Waals surface area contributed by atoms with Gasteiger partial charge in [-0.2, -0.15) is 0 Å². The Bertz CT molecular complexity index is 1180. The Morgan fingerprint density at radius 3 is 2.50 bits per heavy atom. The smallest absolute Gasteiger partial charge is 0.237 e. The summed E-state index contributed by atoms with van der Waals surface area (Å²) < 4.78 is 11.0. The number of amides is 1. The Morgan fingerprint density at radius 2 is 1.77 bits per heavy atom. The van der Waals surface area contributed by atoms with E-state index in [0.29, 0.717) is 28.1 Å². The molecular formula is C22H18N4O3S. The van der Waals surface area contributed by atoms with Gasteiger partial charge in [-0.15, -0.1) is 10.2 Å². The molecule has 1 aliphatic rings. The molecule has 8 heteroatoms. The van der Waals surface area contributed by atoms with Gasteiger partial charge in [0.2, 0.25) is 11.1 Å². The number of nitrogens with zero attached hydrogens (tertiary/aromatic N) is 4. The Labute approximate surface area is 177 Å². The number of thioether (sulfide) groups is 1. The molecule has 0 saturated carbocycles. The lowest BCUT2D eigenvalue weighted by atomic mass is 10.1. The second-order valence-electron chi connectivity index (χ2n) is 6.98. The molecule has 1 aromatic carbocycles. The second kappa shape index (κ2) is 7.79. The average Bonchev–Trinajstić information content (AvgIpc) is 3.52. The van der Waals surface area contributed by atoms with E-state index in [9.17, 15) is 4.79 Å². The molecule has 0 bridgehead atoms. The predicted octanol–water partition coefficient (Wildman–Crippen LogP) is 4.46. The summed E-state index contributed by atoms with van der Waals surface area (Å²) in [6, 6.07) is 15.3. The van der Waals surface area contributed by atoms with E-state index in [2.05, 4.69) is 28.2 Å². The number of carbonyl (C=O) groups is 1. The lowest BCUT2D eigenvalue weighted by Gasteiger charge is -2.22. The zero-order chi connectivity index (χ0) is 20.5. The third kappa shape index (κ3) is 3.39. The number of anilines is 1. The second-order valence-corrected chi connectivity index (χ2v) is 7.92. The topological polar surface area (TPSA) is 85.3 Å². The van der Waals surface area contributed by atoms with Crippen LogP contribution in [0.4, 0.5) is 5.69 Å². The van der Waals surface area contributed by atoms with Crippen molar-refractivity contribution in [2.24, 2.45) is 0 Å². The molecule has 7 nitrogen and oxygen atoms in total. The number of hydrogen-bond acceptors (Lipinski definition) is 7. The van der Waals surface area contributed by atoms with Crippen molar-refractivity contribution < 1.29 is 13.6 Å². The number of aromatic nitrogens is 3. The zero-order valence-electron chi connectivity index (χ0n) is 16.2. The molecule has 4 aromatic rings. The standard InChI is InChI=1S/C22H18N4O3S/c1-14-12-15-6-2-3-7-16(15)26(14)19(27)13-30-22-23-20(17-8-4-10-28-17)21(24-25-22)18-9-5-11-29-18/h2-11,14H,12-13H2,1H3/t14-/m0/s1. The van der Waals surface area contributed by atoms with E-state index >= 15 is 0 Å². The predicted molar refractivity (Wildman–Crippen MR) is 113 cm³/mol. The molecule has 0 fully saturated rings. The van der Waals surface area contributed by atoms with Crippen LogP contribution in [0.1, 0.15) is 12.5 Å². The Balaban J connectivity index is 1.38. The summed E-state index contributed by atoms with van der Waals surface area (Å²) in [7, 11) is 0. The summed E-state index contributed by atoms with van der Waals surface area (Å²) >= 11 is 1.26. The van der Waals surface area contributed by atoms with Crippen LogP contribution in [-0.4, -0.2) is 32.9 Å². The maximum Gasteiger partial charge on any atom is 0.237 e. The fourth-order valence-electron chi connectivity index (χ4n) is 3.68. The highest BCUT2D eigenvalue weighted by molar-refractivity contribution is 7.99. The van der Waals surface area contributed by atoms with Crippen LogP contribution in [0.15, 0.2) is 75.0 Å². The van der Waals surface area contributed by atoms with E-state index in [1.807, 2.05) is 23.1 Å². The summed E-state index contributed by atoms with van der Waals surface area (Å²) in [5, 5.41) is 8.90. The van der Waals surface area contributed by atoms with Crippen molar-refractivity contribution in [3.63, 3.8) is 0 Å². The SMILES string of the molecule is C[C@H]1Cc2ccccc2N1C(=O)CSc1nnc(-c2ccco2)c(-c2ccco2)n1. The largest absolute Gasteiger partial charge is 0.463 e. The Kier molecular flexibility index (Phi) is 4.84. The van der Waals surface area contributed by atoms with Crippen LogP contribution in [0.25, 0.3) is 22.9 Å². The van der Waals surface area contributed by atoms with Gasteiger partial charge in [-0.3, -0.25) is 4.79 Å². The third-order valence-corrected chi connectivity index (χ3v) is 5.80.